The summed E-state index contributed by atoms with van der Waals surface area (Å²) in [6.07, 6.45) is 0.831. The number of methoxy groups -OCH3 is 1. The summed E-state index contributed by atoms with van der Waals surface area (Å²) >= 11 is 12.6. The molecule has 2 nitrogen and oxygen atoms in total. The van der Waals surface area contributed by atoms with Gasteiger partial charge in [-0.25, -0.2) is 0 Å². The molecule has 0 aromatic heterocycles. The zero-order valence-corrected chi connectivity index (χ0v) is 14.5. The standard InChI is InChI=1S/C16H25Cl2NO/c1-6-19-14(15(20-5)16(2,3)4)10-11-12(17)8-7-9-13(11)18/h7-9,14-15,19H,6,10H2,1-5H3. The van der Waals surface area contributed by atoms with E-state index in [-0.39, 0.29) is 17.6 Å². The van der Waals surface area contributed by atoms with Gasteiger partial charge in [0.15, 0.2) is 0 Å². The second-order valence-corrected chi connectivity index (χ2v) is 6.91. The summed E-state index contributed by atoms with van der Waals surface area (Å²) in [7, 11) is 1.76. The molecule has 0 aliphatic carbocycles. The number of hydrogen-bond acceptors (Lipinski definition) is 2. The SMILES string of the molecule is CCNC(Cc1c(Cl)cccc1Cl)C(OC)C(C)(C)C. The highest BCUT2D eigenvalue weighted by molar-refractivity contribution is 6.36. The molecule has 0 amide bonds. The Morgan fingerprint density at radius 2 is 1.75 bits per heavy atom. The van der Waals surface area contributed by atoms with E-state index in [1.165, 1.54) is 0 Å². The van der Waals surface area contributed by atoms with Crippen molar-refractivity contribution in [1.82, 2.24) is 5.32 Å². The summed E-state index contributed by atoms with van der Waals surface area (Å²) < 4.78 is 5.73. The molecule has 1 aromatic rings. The van der Waals surface area contributed by atoms with Gasteiger partial charge in [-0.3, -0.25) is 0 Å². The van der Waals surface area contributed by atoms with Crippen LogP contribution < -0.4 is 5.32 Å². The number of hydrogen-bond donors (Lipinski definition) is 1. The third kappa shape index (κ3) is 4.63. The molecular formula is C16H25Cl2NO. The van der Waals surface area contributed by atoms with E-state index in [4.69, 9.17) is 27.9 Å². The Morgan fingerprint density at radius 1 is 1.20 bits per heavy atom. The number of likely N-dealkylation sites (N-methyl/N-ethyl adjacent to an activating group) is 1. The Balaban J connectivity index is 3.03. The quantitative estimate of drug-likeness (QED) is 0.829. The molecule has 1 N–H and O–H groups in total. The van der Waals surface area contributed by atoms with Crippen LogP contribution in [0, 0.1) is 5.41 Å². The average molecular weight is 318 g/mol. The predicted octanol–water partition coefficient (Wildman–Crippen LogP) is 4.58. The van der Waals surface area contributed by atoms with E-state index in [2.05, 4.69) is 33.0 Å². The monoisotopic (exact) mass is 317 g/mol. The Morgan fingerprint density at radius 3 is 2.15 bits per heavy atom. The van der Waals surface area contributed by atoms with Crippen molar-refractivity contribution in [2.45, 2.75) is 46.3 Å². The van der Waals surface area contributed by atoms with Crippen molar-refractivity contribution in [1.29, 1.82) is 0 Å². The van der Waals surface area contributed by atoms with Crippen LogP contribution in [0.15, 0.2) is 18.2 Å². The summed E-state index contributed by atoms with van der Waals surface area (Å²) in [5.74, 6) is 0. The highest BCUT2D eigenvalue weighted by atomic mass is 35.5. The number of nitrogens with one attached hydrogen (secondary N) is 1. The Bertz CT molecular complexity index is 409. The van der Waals surface area contributed by atoms with E-state index < -0.39 is 0 Å². The molecule has 114 valence electrons. The average Bonchev–Trinajstić information content (AvgIpc) is 2.33. The fourth-order valence-electron chi connectivity index (χ4n) is 2.62. The Hall–Kier alpha value is -0.280. The van der Waals surface area contributed by atoms with Crippen LogP contribution in [0.4, 0.5) is 0 Å². The van der Waals surface area contributed by atoms with Crippen molar-refractivity contribution < 1.29 is 4.74 Å². The maximum absolute atomic E-state index is 6.28. The molecule has 0 aliphatic heterocycles. The zero-order chi connectivity index (χ0) is 15.3. The highest BCUT2D eigenvalue weighted by Crippen LogP contribution is 2.30. The molecule has 0 aliphatic rings. The lowest BCUT2D eigenvalue weighted by atomic mass is 9.82. The van der Waals surface area contributed by atoms with E-state index in [1.54, 1.807) is 7.11 Å². The van der Waals surface area contributed by atoms with E-state index in [9.17, 15) is 0 Å². The largest absolute Gasteiger partial charge is 0.379 e. The van der Waals surface area contributed by atoms with Crippen LogP contribution in [0.3, 0.4) is 0 Å². The van der Waals surface area contributed by atoms with Gasteiger partial charge in [-0.05, 0) is 36.1 Å². The van der Waals surface area contributed by atoms with Crippen molar-refractivity contribution in [3.63, 3.8) is 0 Å². The van der Waals surface area contributed by atoms with Crippen molar-refractivity contribution in [2.24, 2.45) is 5.41 Å². The molecule has 1 aromatic carbocycles. The van der Waals surface area contributed by atoms with Crippen LogP contribution in [0.25, 0.3) is 0 Å². The molecule has 0 saturated carbocycles. The van der Waals surface area contributed by atoms with E-state index >= 15 is 0 Å². The third-order valence-electron chi connectivity index (χ3n) is 3.42. The van der Waals surface area contributed by atoms with Gasteiger partial charge >= 0.3 is 0 Å². The number of rotatable bonds is 6. The van der Waals surface area contributed by atoms with Gasteiger partial charge in [-0.15, -0.1) is 0 Å². The second-order valence-electron chi connectivity index (χ2n) is 6.09. The van der Waals surface area contributed by atoms with Crippen LogP contribution in [0.5, 0.6) is 0 Å². The summed E-state index contributed by atoms with van der Waals surface area (Å²) in [6.45, 7) is 9.51. The van der Waals surface area contributed by atoms with Gasteiger partial charge in [0.25, 0.3) is 0 Å². The lowest BCUT2D eigenvalue weighted by Gasteiger charge is -2.36. The minimum absolute atomic E-state index is 0.0370. The van der Waals surface area contributed by atoms with Crippen LogP contribution in [-0.4, -0.2) is 25.8 Å². The van der Waals surface area contributed by atoms with Crippen LogP contribution >= 0.6 is 23.2 Å². The van der Waals surface area contributed by atoms with Gasteiger partial charge in [0.2, 0.25) is 0 Å². The van der Waals surface area contributed by atoms with Crippen LogP contribution in [0.2, 0.25) is 10.0 Å². The zero-order valence-electron chi connectivity index (χ0n) is 13.0. The second kappa shape index (κ2) is 7.65. The number of halogens is 2. The molecule has 4 heteroatoms. The fraction of sp³-hybridized carbons (Fsp3) is 0.625. The molecule has 0 radical (unpaired) electrons. The van der Waals surface area contributed by atoms with Gasteiger partial charge in [0.05, 0.1) is 6.10 Å². The molecule has 0 spiro atoms. The molecule has 1 rings (SSSR count). The van der Waals surface area contributed by atoms with Crippen LogP contribution in [-0.2, 0) is 11.2 Å². The fourth-order valence-corrected chi connectivity index (χ4v) is 3.17. The first-order valence-corrected chi connectivity index (χ1v) is 7.76. The van der Waals surface area contributed by atoms with E-state index in [0.29, 0.717) is 10.0 Å². The van der Waals surface area contributed by atoms with E-state index in [1.807, 2.05) is 18.2 Å². The molecule has 0 heterocycles. The molecule has 0 fully saturated rings. The first kappa shape index (κ1) is 17.8. The van der Waals surface area contributed by atoms with Crippen molar-refractivity contribution in [2.75, 3.05) is 13.7 Å². The van der Waals surface area contributed by atoms with Crippen LogP contribution in [0.1, 0.15) is 33.3 Å². The lowest BCUT2D eigenvalue weighted by molar-refractivity contribution is -0.0106. The topological polar surface area (TPSA) is 21.3 Å². The van der Waals surface area contributed by atoms with Gasteiger partial charge in [-0.2, -0.15) is 0 Å². The van der Waals surface area contributed by atoms with Gasteiger partial charge in [-0.1, -0.05) is 57.0 Å². The minimum atomic E-state index is 0.0370. The summed E-state index contributed by atoms with van der Waals surface area (Å²) in [5.41, 5.74) is 1.02. The Kier molecular flexibility index (Phi) is 6.80. The maximum atomic E-state index is 6.28. The minimum Gasteiger partial charge on any atom is -0.379 e. The smallest absolute Gasteiger partial charge is 0.0775 e. The van der Waals surface area contributed by atoms with Crippen molar-refractivity contribution >= 4 is 23.2 Å². The third-order valence-corrected chi connectivity index (χ3v) is 4.13. The first-order chi connectivity index (χ1) is 9.31. The Labute approximate surface area is 132 Å². The predicted molar refractivity (Wildman–Crippen MR) is 87.9 cm³/mol. The van der Waals surface area contributed by atoms with Gasteiger partial charge in [0, 0.05) is 23.2 Å². The summed E-state index contributed by atoms with van der Waals surface area (Å²) in [4.78, 5) is 0. The highest BCUT2D eigenvalue weighted by Gasteiger charge is 2.32. The summed E-state index contributed by atoms with van der Waals surface area (Å²) in [5, 5.41) is 4.93. The first-order valence-electron chi connectivity index (χ1n) is 7.00. The van der Waals surface area contributed by atoms with E-state index in [0.717, 1.165) is 18.5 Å². The molecule has 0 saturated heterocycles. The molecular weight excluding hydrogens is 293 g/mol. The number of benzene rings is 1. The lowest BCUT2D eigenvalue weighted by Crippen LogP contribution is -2.49. The number of ether oxygens (including phenoxy) is 1. The normalized spacial score (nSPS) is 15.2. The van der Waals surface area contributed by atoms with Crippen molar-refractivity contribution in [3.8, 4) is 0 Å². The van der Waals surface area contributed by atoms with Gasteiger partial charge < -0.3 is 10.1 Å². The maximum Gasteiger partial charge on any atom is 0.0775 e. The molecule has 20 heavy (non-hydrogen) atoms. The summed E-state index contributed by atoms with van der Waals surface area (Å²) in [6, 6.07) is 5.80. The van der Waals surface area contributed by atoms with Gasteiger partial charge in [0.1, 0.15) is 0 Å². The van der Waals surface area contributed by atoms with Crippen molar-refractivity contribution in [3.05, 3.63) is 33.8 Å². The molecule has 2 unspecified atom stereocenters. The molecule has 2 atom stereocenters. The molecule has 0 bridgehead atoms.